The summed E-state index contributed by atoms with van der Waals surface area (Å²) in [4.78, 5) is 12.4. The Morgan fingerprint density at radius 1 is 1.22 bits per heavy atom. The number of amides is 1. The predicted molar refractivity (Wildman–Crippen MR) is 122 cm³/mol. The SMILES string of the molecule is COc1cccc(/C=N/N(CCC(=O)NC(C)(C)C)C2=NS(=O)(=O)c3ccccc32)c1O. The van der Waals surface area contributed by atoms with Gasteiger partial charge in [-0.05, 0) is 45.0 Å². The molecular formula is C22H26N4O5S. The predicted octanol–water partition coefficient (Wildman–Crippen LogP) is 2.49. The topological polar surface area (TPSA) is 121 Å². The first kappa shape index (κ1) is 23.3. The minimum Gasteiger partial charge on any atom is -0.504 e. The van der Waals surface area contributed by atoms with Crippen molar-refractivity contribution >= 4 is 28.0 Å². The second-order valence-corrected chi connectivity index (χ2v) is 9.77. The van der Waals surface area contributed by atoms with Crippen molar-refractivity contribution in [2.45, 2.75) is 37.6 Å². The molecule has 2 N–H and O–H groups in total. The Labute approximate surface area is 187 Å². The molecule has 2 aromatic rings. The molecule has 0 spiro atoms. The first-order valence-electron chi connectivity index (χ1n) is 9.95. The van der Waals surface area contributed by atoms with Crippen molar-refractivity contribution < 1.29 is 23.1 Å². The van der Waals surface area contributed by atoms with Gasteiger partial charge in [-0.1, -0.05) is 18.2 Å². The lowest BCUT2D eigenvalue weighted by Gasteiger charge is -2.22. The summed E-state index contributed by atoms with van der Waals surface area (Å²) in [5.74, 6) is 0.0706. The molecule has 2 aromatic carbocycles. The van der Waals surface area contributed by atoms with E-state index in [-0.39, 0.29) is 41.1 Å². The minimum absolute atomic E-state index is 0.0555. The summed E-state index contributed by atoms with van der Waals surface area (Å²) in [5, 5.41) is 18.9. The zero-order valence-corrected chi connectivity index (χ0v) is 19.2. The van der Waals surface area contributed by atoms with Crippen LogP contribution in [0.2, 0.25) is 0 Å². The van der Waals surface area contributed by atoms with Gasteiger partial charge in [0.2, 0.25) is 5.91 Å². The fraction of sp³-hybridized carbons (Fsp3) is 0.318. The van der Waals surface area contributed by atoms with Gasteiger partial charge < -0.3 is 15.2 Å². The standard InChI is InChI=1S/C22H26N4O5S/c1-22(2,3)24-19(27)12-13-26(23-14-15-8-7-10-17(31-4)20(15)28)21-16-9-5-6-11-18(16)32(29,30)25-21/h5-11,14,28H,12-13H2,1-4H3,(H,24,27)/b23-14+. The van der Waals surface area contributed by atoms with E-state index in [0.29, 0.717) is 11.1 Å². The number of aromatic hydroxyl groups is 1. The van der Waals surface area contributed by atoms with E-state index in [0.717, 1.165) is 0 Å². The van der Waals surface area contributed by atoms with E-state index in [1.807, 2.05) is 20.8 Å². The van der Waals surface area contributed by atoms with E-state index in [2.05, 4.69) is 14.8 Å². The molecule has 0 atom stereocenters. The van der Waals surface area contributed by atoms with Gasteiger partial charge in [-0.15, -0.1) is 4.40 Å². The monoisotopic (exact) mass is 458 g/mol. The molecule has 0 aromatic heterocycles. The van der Waals surface area contributed by atoms with Crippen molar-refractivity contribution in [3.63, 3.8) is 0 Å². The van der Waals surface area contributed by atoms with Gasteiger partial charge in [0.1, 0.15) is 4.90 Å². The van der Waals surface area contributed by atoms with Gasteiger partial charge in [0.15, 0.2) is 17.3 Å². The molecular weight excluding hydrogens is 432 g/mol. The Kier molecular flexibility index (Phi) is 6.54. The average Bonchev–Trinajstić information content (AvgIpc) is 2.99. The smallest absolute Gasteiger partial charge is 0.285 e. The van der Waals surface area contributed by atoms with Crippen molar-refractivity contribution in [1.29, 1.82) is 0 Å². The fourth-order valence-electron chi connectivity index (χ4n) is 3.12. The number of rotatable bonds is 6. The number of hydrazone groups is 1. The Hall–Kier alpha value is -3.40. The number of fused-ring (bicyclic) bond motifs is 1. The van der Waals surface area contributed by atoms with E-state index in [1.54, 1.807) is 36.4 Å². The Morgan fingerprint density at radius 2 is 1.94 bits per heavy atom. The quantitative estimate of drug-likeness (QED) is 0.507. The number of nitrogens with zero attached hydrogens (tertiary/aromatic N) is 3. The van der Waals surface area contributed by atoms with E-state index in [1.165, 1.54) is 24.4 Å². The number of carbonyl (C=O) groups excluding carboxylic acids is 1. The molecule has 0 fully saturated rings. The van der Waals surface area contributed by atoms with Crippen LogP contribution in [0, 0.1) is 0 Å². The molecule has 170 valence electrons. The summed E-state index contributed by atoms with van der Waals surface area (Å²) in [5.41, 5.74) is 0.359. The second kappa shape index (κ2) is 8.99. The number of phenolic OH excluding ortho intramolecular Hbond substituents is 1. The van der Waals surface area contributed by atoms with E-state index >= 15 is 0 Å². The first-order valence-corrected chi connectivity index (χ1v) is 11.4. The van der Waals surface area contributed by atoms with Crippen molar-refractivity contribution in [2.75, 3.05) is 13.7 Å². The van der Waals surface area contributed by atoms with E-state index in [4.69, 9.17) is 4.74 Å². The number of carbonyl (C=O) groups is 1. The molecule has 1 amide bonds. The third-order valence-corrected chi connectivity index (χ3v) is 5.83. The van der Waals surface area contributed by atoms with Crippen LogP contribution in [0.25, 0.3) is 0 Å². The van der Waals surface area contributed by atoms with Crippen molar-refractivity contribution in [2.24, 2.45) is 9.50 Å². The van der Waals surface area contributed by atoms with Crippen LogP contribution in [0.15, 0.2) is 56.9 Å². The number of hydrogen-bond acceptors (Lipinski definition) is 7. The fourth-order valence-corrected chi connectivity index (χ4v) is 4.33. The highest BCUT2D eigenvalue weighted by Crippen LogP contribution is 2.29. The van der Waals surface area contributed by atoms with Crippen LogP contribution in [0.5, 0.6) is 11.5 Å². The summed E-state index contributed by atoms with van der Waals surface area (Å²) in [6.45, 7) is 5.69. The Morgan fingerprint density at radius 3 is 2.62 bits per heavy atom. The highest BCUT2D eigenvalue weighted by Gasteiger charge is 2.32. The number of nitrogens with one attached hydrogen (secondary N) is 1. The summed E-state index contributed by atoms with van der Waals surface area (Å²) in [6, 6.07) is 11.4. The summed E-state index contributed by atoms with van der Waals surface area (Å²) in [6.07, 6.45) is 1.43. The number of sulfonamides is 1. The van der Waals surface area contributed by atoms with Crippen LogP contribution >= 0.6 is 0 Å². The second-order valence-electron chi connectivity index (χ2n) is 8.20. The summed E-state index contributed by atoms with van der Waals surface area (Å²) in [7, 11) is -2.43. The van der Waals surface area contributed by atoms with Gasteiger partial charge >= 0.3 is 0 Å². The maximum atomic E-state index is 12.5. The number of amidine groups is 1. The number of phenols is 1. The molecule has 0 radical (unpaired) electrons. The third-order valence-electron chi connectivity index (χ3n) is 4.51. The normalized spacial score (nSPS) is 14.7. The Bertz CT molecular complexity index is 1180. The molecule has 1 aliphatic heterocycles. The van der Waals surface area contributed by atoms with Crippen LogP contribution in [-0.2, 0) is 14.8 Å². The van der Waals surface area contributed by atoms with Gasteiger partial charge in [0, 0.05) is 23.1 Å². The highest BCUT2D eigenvalue weighted by molar-refractivity contribution is 7.90. The lowest BCUT2D eigenvalue weighted by atomic mass is 10.1. The molecule has 1 heterocycles. The molecule has 9 nitrogen and oxygen atoms in total. The molecule has 0 bridgehead atoms. The maximum absolute atomic E-state index is 12.5. The zero-order chi connectivity index (χ0) is 23.5. The minimum atomic E-state index is -3.87. The number of hydrogen-bond donors (Lipinski definition) is 2. The molecule has 1 aliphatic rings. The number of benzene rings is 2. The van der Waals surface area contributed by atoms with Gasteiger partial charge in [-0.25, -0.2) is 5.01 Å². The third kappa shape index (κ3) is 5.25. The van der Waals surface area contributed by atoms with Crippen LogP contribution in [0.1, 0.15) is 38.3 Å². The summed E-state index contributed by atoms with van der Waals surface area (Å²) < 4.78 is 34.0. The van der Waals surface area contributed by atoms with Crippen molar-refractivity contribution in [3.05, 3.63) is 53.6 Å². The first-order chi connectivity index (χ1) is 15.0. The molecule has 0 aliphatic carbocycles. The molecule has 32 heavy (non-hydrogen) atoms. The summed E-state index contributed by atoms with van der Waals surface area (Å²) >= 11 is 0. The highest BCUT2D eigenvalue weighted by atomic mass is 32.2. The zero-order valence-electron chi connectivity index (χ0n) is 18.4. The molecule has 10 heteroatoms. The van der Waals surface area contributed by atoms with Gasteiger partial charge in [-0.2, -0.15) is 13.5 Å². The molecule has 0 unspecified atom stereocenters. The number of methoxy groups -OCH3 is 1. The van der Waals surface area contributed by atoms with E-state index in [9.17, 15) is 18.3 Å². The lowest BCUT2D eigenvalue weighted by Crippen LogP contribution is -2.42. The molecule has 0 saturated heterocycles. The number of ether oxygens (including phenoxy) is 1. The van der Waals surface area contributed by atoms with Gasteiger partial charge in [0.25, 0.3) is 10.0 Å². The van der Waals surface area contributed by atoms with Crippen LogP contribution < -0.4 is 10.1 Å². The largest absolute Gasteiger partial charge is 0.504 e. The lowest BCUT2D eigenvalue weighted by molar-refractivity contribution is -0.122. The van der Waals surface area contributed by atoms with Crippen molar-refractivity contribution in [3.8, 4) is 11.5 Å². The Balaban J connectivity index is 1.95. The molecule has 3 rings (SSSR count). The van der Waals surface area contributed by atoms with E-state index < -0.39 is 15.6 Å². The van der Waals surface area contributed by atoms with Gasteiger partial charge in [0.05, 0.1) is 19.9 Å². The maximum Gasteiger partial charge on any atom is 0.285 e. The van der Waals surface area contributed by atoms with Crippen LogP contribution in [-0.4, -0.2) is 55.7 Å². The van der Waals surface area contributed by atoms with Gasteiger partial charge in [-0.3, -0.25) is 4.79 Å². The number of para-hydroxylation sites is 1. The van der Waals surface area contributed by atoms with Crippen LogP contribution in [0.4, 0.5) is 0 Å². The van der Waals surface area contributed by atoms with Crippen LogP contribution in [0.3, 0.4) is 0 Å². The molecule has 0 saturated carbocycles. The van der Waals surface area contributed by atoms with Crippen molar-refractivity contribution in [1.82, 2.24) is 10.3 Å². The average molecular weight is 459 g/mol.